The van der Waals surface area contributed by atoms with Crippen LogP contribution in [0.25, 0.3) is 0 Å². The van der Waals surface area contributed by atoms with Crippen LogP contribution in [-0.2, 0) is 0 Å². The molecule has 0 saturated carbocycles. The smallest absolute Gasteiger partial charge is 0.275 e. The molecule has 0 bridgehead atoms. The van der Waals surface area contributed by atoms with Crippen molar-refractivity contribution in [1.82, 2.24) is 9.78 Å². The third-order valence-corrected chi connectivity index (χ3v) is 1.06. The predicted molar refractivity (Wildman–Crippen MR) is 35.8 cm³/mol. The Hall–Kier alpha value is -1.52. The summed E-state index contributed by atoms with van der Waals surface area (Å²) < 4.78 is 0.843. The molecule has 0 unspecified atom stereocenters. The van der Waals surface area contributed by atoms with Gasteiger partial charge in [0.1, 0.15) is 5.82 Å². The van der Waals surface area contributed by atoms with Crippen LogP contribution >= 0.6 is 0 Å². The minimum atomic E-state index is -0.426. The number of anilines is 1. The Morgan fingerprint density at radius 2 is 2.40 bits per heavy atom. The summed E-state index contributed by atoms with van der Waals surface area (Å²) >= 11 is 0. The van der Waals surface area contributed by atoms with Gasteiger partial charge in [0.15, 0.2) is 0 Å². The Morgan fingerprint density at radius 3 is 2.60 bits per heavy atom. The second kappa shape index (κ2) is 2.02. The average Bonchev–Trinajstić information content (AvgIpc) is 2.10. The van der Waals surface area contributed by atoms with Crippen LogP contribution in [0.3, 0.4) is 0 Å². The van der Waals surface area contributed by atoms with E-state index in [4.69, 9.17) is 5.73 Å². The second-order valence-corrected chi connectivity index (χ2v) is 1.90. The number of hydrogen-bond donors (Lipinski definition) is 2. The lowest BCUT2D eigenvalue weighted by atomic mass is 10.6. The van der Waals surface area contributed by atoms with Crippen LogP contribution in [0.2, 0.25) is 0 Å². The van der Waals surface area contributed by atoms with Gasteiger partial charge in [-0.05, 0) is 0 Å². The van der Waals surface area contributed by atoms with Gasteiger partial charge in [-0.2, -0.15) is 4.68 Å². The van der Waals surface area contributed by atoms with Crippen LogP contribution in [0.5, 0.6) is 0 Å². The lowest BCUT2D eigenvalue weighted by Crippen LogP contribution is -2.21. The monoisotopic (exact) mass is 141 g/mol. The summed E-state index contributed by atoms with van der Waals surface area (Å²) in [6, 6.07) is 1.15. The molecular formula is C5H7N3O2. The average molecular weight is 141 g/mol. The summed E-state index contributed by atoms with van der Waals surface area (Å²) in [5, 5.41) is 2.38. The van der Waals surface area contributed by atoms with Crippen LogP contribution in [-0.4, -0.2) is 15.7 Å². The number of H-pyrrole nitrogens is 1. The SMILES string of the molecule is CC(=O)n1[nH]c(N)cc1=O. The minimum Gasteiger partial charge on any atom is -0.384 e. The molecule has 0 radical (unpaired) electrons. The summed E-state index contributed by atoms with van der Waals surface area (Å²) in [5.74, 6) is -0.179. The molecule has 5 nitrogen and oxygen atoms in total. The summed E-state index contributed by atoms with van der Waals surface area (Å²) in [6.45, 7) is 1.28. The van der Waals surface area contributed by atoms with E-state index in [1.807, 2.05) is 0 Å². The molecule has 0 aliphatic carbocycles. The minimum absolute atomic E-state index is 0.195. The van der Waals surface area contributed by atoms with Gasteiger partial charge in [-0.1, -0.05) is 0 Å². The lowest BCUT2D eigenvalue weighted by molar-refractivity contribution is 0.0917. The zero-order chi connectivity index (χ0) is 7.72. The predicted octanol–water partition coefficient (Wildman–Crippen LogP) is -0.581. The van der Waals surface area contributed by atoms with Crippen molar-refractivity contribution in [3.05, 3.63) is 16.4 Å². The molecule has 1 rings (SSSR count). The Balaban J connectivity index is 3.29. The van der Waals surface area contributed by atoms with Gasteiger partial charge in [-0.15, -0.1) is 0 Å². The summed E-state index contributed by atoms with van der Waals surface area (Å²) in [4.78, 5) is 21.3. The number of nitrogens with one attached hydrogen (secondary N) is 1. The molecule has 1 heterocycles. The lowest BCUT2D eigenvalue weighted by Gasteiger charge is -1.89. The number of nitrogens with two attached hydrogens (primary N) is 1. The first kappa shape index (κ1) is 6.60. The highest BCUT2D eigenvalue weighted by molar-refractivity contribution is 5.75. The van der Waals surface area contributed by atoms with Crippen molar-refractivity contribution in [3.63, 3.8) is 0 Å². The standard InChI is InChI=1S/C5H7N3O2/c1-3(9)8-5(10)2-4(6)7-8/h2,7H,6H2,1H3. The van der Waals surface area contributed by atoms with E-state index in [-0.39, 0.29) is 11.7 Å². The van der Waals surface area contributed by atoms with E-state index in [1.165, 1.54) is 6.92 Å². The third-order valence-electron chi connectivity index (χ3n) is 1.06. The van der Waals surface area contributed by atoms with Crippen LogP contribution in [0, 0.1) is 0 Å². The molecule has 3 N–H and O–H groups in total. The summed E-state index contributed by atoms with van der Waals surface area (Å²) in [7, 11) is 0. The summed E-state index contributed by atoms with van der Waals surface area (Å²) in [6.07, 6.45) is 0. The number of aromatic nitrogens is 2. The maximum absolute atomic E-state index is 10.7. The molecule has 0 aromatic carbocycles. The van der Waals surface area contributed by atoms with Gasteiger partial charge in [0.2, 0.25) is 5.91 Å². The van der Waals surface area contributed by atoms with Crippen molar-refractivity contribution in [2.24, 2.45) is 0 Å². The van der Waals surface area contributed by atoms with Crippen molar-refractivity contribution in [1.29, 1.82) is 0 Å². The van der Waals surface area contributed by atoms with Crippen LogP contribution in [0.1, 0.15) is 11.7 Å². The molecular weight excluding hydrogens is 134 g/mol. The molecule has 54 valence electrons. The number of carbonyl (C=O) groups excluding carboxylic acids is 1. The molecule has 0 aliphatic heterocycles. The molecule has 0 amide bonds. The molecule has 0 aliphatic rings. The van der Waals surface area contributed by atoms with Gasteiger partial charge >= 0.3 is 0 Å². The van der Waals surface area contributed by atoms with E-state index >= 15 is 0 Å². The van der Waals surface area contributed by atoms with Crippen molar-refractivity contribution >= 4 is 11.7 Å². The number of nitrogens with zero attached hydrogens (tertiary/aromatic N) is 1. The van der Waals surface area contributed by atoms with Crippen molar-refractivity contribution < 1.29 is 4.79 Å². The molecule has 1 aromatic rings. The van der Waals surface area contributed by atoms with Crippen LogP contribution in [0.15, 0.2) is 10.9 Å². The molecule has 0 fully saturated rings. The number of aromatic amines is 1. The number of nitrogen functional groups attached to an aromatic ring is 1. The zero-order valence-corrected chi connectivity index (χ0v) is 5.42. The highest BCUT2D eigenvalue weighted by Crippen LogP contribution is 1.87. The Kier molecular flexibility index (Phi) is 1.33. The molecule has 1 aromatic heterocycles. The van der Waals surface area contributed by atoms with Crippen LogP contribution in [0.4, 0.5) is 5.82 Å². The first-order chi connectivity index (χ1) is 4.61. The number of rotatable bonds is 0. The Morgan fingerprint density at radius 1 is 1.80 bits per heavy atom. The quantitative estimate of drug-likeness (QED) is 0.507. The maximum atomic E-state index is 10.7. The Labute approximate surface area is 56.4 Å². The normalized spacial score (nSPS) is 9.70. The van der Waals surface area contributed by atoms with Crippen LogP contribution < -0.4 is 11.3 Å². The first-order valence-electron chi connectivity index (χ1n) is 2.70. The van der Waals surface area contributed by atoms with E-state index in [2.05, 4.69) is 5.10 Å². The zero-order valence-electron chi connectivity index (χ0n) is 5.42. The summed E-state index contributed by atoms with van der Waals surface area (Å²) in [5.41, 5.74) is 4.76. The van der Waals surface area contributed by atoms with Gasteiger partial charge in [0.25, 0.3) is 5.56 Å². The first-order valence-corrected chi connectivity index (χ1v) is 2.70. The number of carbonyl (C=O) groups is 1. The molecule has 5 heteroatoms. The fourth-order valence-electron chi connectivity index (χ4n) is 0.648. The van der Waals surface area contributed by atoms with Gasteiger partial charge in [0, 0.05) is 13.0 Å². The molecule has 0 spiro atoms. The topological polar surface area (TPSA) is 80.9 Å². The molecule has 10 heavy (non-hydrogen) atoms. The van der Waals surface area contributed by atoms with E-state index < -0.39 is 5.56 Å². The fourth-order valence-corrected chi connectivity index (χ4v) is 0.648. The van der Waals surface area contributed by atoms with Crippen molar-refractivity contribution in [3.8, 4) is 0 Å². The fraction of sp³-hybridized carbons (Fsp3) is 0.200. The van der Waals surface area contributed by atoms with E-state index in [0.717, 1.165) is 10.7 Å². The van der Waals surface area contributed by atoms with Gasteiger partial charge in [-0.25, -0.2) is 0 Å². The second-order valence-electron chi connectivity index (χ2n) is 1.90. The largest absolute Gasteiger partial charge is 0.384 e. The third kappa shape index (κ3) is 0.928. The van der Waals surface area contributed by atoms with Gasteiger partial charge in [0.05, 0.1) is 0 Å². The maximum Gasteiger partial charge on any atom is 0.275 e. The van der Waals surface area contributed by atoms with Crippen molar-refractivity contribution in [2.75, 3.05) is 5.73 Å². The van der Waals surface area contributed by atoms with Gasteiger partial charge in [-0.3, -0.25) is 14.7 Å². The molecule has 0 saturated heterocycles. The highest BCUT2D eigenvalue weighted by atomic mass is 16.2. The molecule has 0 atom stereocenters. The van der Waals surface area contributed by atoms with Gasteiger partial charge < -0.3 is 5.73 Å². The Bertz CT molecular complexity index is 309. The van der Waals surface area contributed by atoms with Crippen molar-refractivity contribution in [2.45, 2.75) is 6.92 Å². The highest BCUT2D eigenvalue weighted by Gasteiger charge is 2.01. The van der Waals surface area contributed by atoms with E-state index in [1.54, 1.807) is 0 Å². The van der Waals surface area contributed by atoms with E-state index in [9.17, 15) is 9.59 Å². The number of hydrogen-bond acceptors (Lipinski definition) is 3. The van der Waals surface area contributed by atoms with E-state index in [0.29, 0.717) is 0 Å².